The van der Waals surface area contributed by atoms with Gasteiger partial charge in [0.2, 0.25) is 0 Å². The van der Waals surface area contributed by atoms with Gasteiger partial charge in [-0.1, -0.05) is 157 Å². The summed E-state index contributed by atoms with van der Waals surface area (Å²) in [5.41, 5.74) is -7.17. The molecule has 210 valence electrons. The maximum Gasteiger partial charge on any atom is 0.143 e. The fraction of sp³-hybridized carbons (Fsp3) is 0. The average Bonchev–Trinajstić information content (AvgIpc) is 3.77. The molecule has 0 aliphatic carbocycles. The van der Waals surface area contributed by atoms with E-state index in [9.17, 15) is 12.3 Å². The van der Waals surface area contributed by atoms with Crippen LogP contribution in [0.4, 0.5) is 0 Å². The Hall–Kier alpha value is -5.92. The Kier molecular flexibility index (Phi) is 2.32. The summed E-state index contributed by atoms with van der Waals surface area (Å²) in [7, 11) is 0. The first kappa shape index (κ1) is 10.1. The number of rotatable bonds is 4. The van der Waals surface area contributed by atoms with Crippen LogP contribution in [-0.2, 0) is 0 Å². The first-order chi connectivity index (χ1) is 34.0. The number of fused-ring (bicyclic) bond motifs is 5. The van der Waals surface area contributed by atoms with E-state index in [1.807, 2.05) is 0 Å². The molecule has 1 nitrogen and oxygen atoms in total. The van der Waals surface area contributed by atoms with Crippen molar-refractivity contribution in [3.05, 3.63) is 169 Å². The molecule has 0 fully saturated rings. The Labute approximate surface area is 301 Å². The SMILES string of the molecule is [2H]c1c([2H])c([2H])c(-c2c([2H])c([2H])c([2H])c3c2oc2c([2H])c([2H])c(-c4c([2H])c([2H])c(-c5c6c([2H])c([2H])c([2H])c([2H])c6c(-c6c([2H])c([2H])c([2H])c([2H])c6[2H])c6c([2H])c([2H])c([2H])c([2H])c56)c([2H])c4[2H])c([2H])c23)c([2H])c1[2H]. The van der Waals surface area contributed by atoms with E-state index in [2.05, 4.69) is 0 Å². The van der Waals surface area contributed by atoms with Crippen molar-refractivity contribution >= 4 is 43.5 Å². The van der Waals surface area contributed by atoms with Crippen molar-refractivity contribution in [1.29, 1.82) is 0 Å². The number of hydrogen-bond donors (Lipinski definition) is 0. The van der Waals surface area contributed by atoms with Gasteiger partial charge in [-0.2, -0.15) is 0 Å². The predicted molar refractivity (Wildman–Crippen MR) is 190 cm³/mol. The summed E-state index contributed by atoms with van der Waals surface area (Å²) in [6.45, 7) is 0. The van der Waals surface area contributed by atoms with Crippen LogP contribution < -0.4 is 0 Å². The van der Waals surface area contributed by atoms with Gasteiger partial charge in [0.05, 0.1) is 38.4 Å². The Morgan fingerprint density at radius 2 is 0.800 bits per heavy atom. The molecule has 0 spiro atoms. The molecule has 0 atom stereocenters. The fourth-order valence-corrected chi connectivity index (χ4v) is 5.16. The third-order valence-electron chi connectivity index (χ3n) is 7.06. The summed E-state index contributed by atoms with van der Waals surface area (Å²) in [6.07, 6.45) is 0. The summed E-state index contributed by atoms with van der Waals surface area (Å²) in [5.74, 6) is 0. The normalized spacial score (nSPS) is 20.3. The highest BCUT2D eigenvalue weighted by molar-refractivity contribution is 6.21. The zero-order chi connectivity index (χ0) is 54.1. The number of hydrogen-bond acceptors (Lipinski definition) is 1. The minimum Gasteiger partial charge on any atom is -0.455 e. The quantitative estimate of drug-likeness (QED) is 0.183. The first-order valence-corrected chi connectivity index (χ1v) is 13.2. The van der Waals surface area contributed by atoms with Gasteiger partial charge in [0.25, 0.3) is 0 Å². The molecular formula is C44H28O. The molecule has 0 amide bonds. The molecular weight excluding hydrogens is 544 g/mol. The van der Waals surface area contributed by atoms with Gasteiger partial charge in [0, 0.05) is 16.3 Å². The Bertz CT molecular complexity index is 3950. The van der Waals surface area contributed by atoms with E-state index in [1.165, 1.54) is 0 Å². The molecule has 0 saturated heterocycles. The van der Waals surface area contributed by atoms with Crippen LogP contribution in [0, 0.1) is 0 Å². The summed E-state index contributed by atoms with van der Waals surface area (Å²) >= 11 is 0. The zero-order valence-electron chi connectivity index (χ0n) is 50.4. The second-order valence-electron chi connectivity index (χ2n) is 9.51. The van der Waals surface area contributed by atoms with Gasteiger partial charge in [-0.15, -0.1) is 0 Å². The minimum atomic E-state index is -1.10. The van der Waals surface area contributed by atoms with Crippen LogP contribution in [0.1, 0.15) is 38.4 Å². The van der Waals surface area contributed by atoms with Gasteiger partial charge < -0.3 is 4.42 Å². The van der Waals surface area contributed by atoms with Crippen molar-refractivity contribution in [2.45, 2.75) is 0 Å². The van der Waals surface area contributed by atoms with E-state index in [1.54, 1.807) is 0 Å². The van der Waals surface area contributed by atoms with Crippen molar-refractivity contribution in [2.24, 2.45) is 0 Å². The lowest BCUT2D eigenvalue weighted by Crippen LogP contribution is -1.90. The van der Waals surface area contributed by atoms with Crippen LogP contribution in [0.5, 0.6) is 0 Å². The van der Waals surface area contributed by atoms with Crippen molar-refractivity contribution < 1.29 is 42.8 Å². The van der Waals surface area contributed by atoms with Crippen molar-refractivity contribution in [1.82, 2.24) is 0 Å². The molecule has 9 rings (SSSR count). The van der Waals surface area contributed by atoms with Crippen LogP contribution in [-0.4, -0.2) is 0 Å². The molecule has 0 bridgehead atoms. The summed E-state index contributed by atoms with van der Waals surface area (Å²) in [4.78, 5) is 0. The van der Waals surface area contributed by atoms with Crippen molar-refractivity contribution in [2.75, 3.05) is 0 Å². The molecule has 9 aromatic rings. The number of para-hydroxylation sites is 1. The Morgan fingerprint density at radius 1 is 0.333 bits per heavy atom. The fourth-order valence-electron chi connectivity index (χ4n) is 5.16. The minimum absolute atomic E-state index is 0.523. The topological polar surface area (TPSA) is 13.1 Å². The number of benzene rings is 8. The molecule has 45 heavy (non-hydrogen) atoms. The van der Waals surface area contributed by atoms with E-state index in [4.69, 9.17) is 30.5 Å². The van der Waals surface area contributed by atoms with Crippen LogP contribution in [0.3, 0.4) is 0 Å². The highest BCUT2D eigenvalue weighted by Crippen LogP contribution is 2.44. The van der Waals surface area contributed by atoms with Gasteiger partial charge in [-0.25, -0.2) is 0 Å². The van der Waals surface area contributed by atoms with E-state index in [0.29, 0.717) is 0 Å². The Morgan fingerprint density at radius 3 is 1.40 bits per heavy atom. The van der Waals surface area contributed by atoms with Crippen LogP contribution in [0.15, 0.2) is 174 Å². The summed E-state index contributed by atoms with van der Waals surface area (Å²) < 4.78 is 254. The van der Waals surface area contributed by atoms with Gasteiger partial charge in [-0.3, -0.25) is 0 Å². The van der Waals surface area contributed by atoms with Crippen LogP contribution in [0.25, 0.3) is 88.0 Å². The van der Waals surface area contributed by atoms with E-state index in [0.717, 1.165) is 0 Å². The average molecular weight is 601 g/mol. The van der Waals surface area contributed by atoms with Gasteiger partial charge in [0.1, 0.15) is 11.2 Å². The van der Waals surface area contributed by atoms with Crippen LogP contribution in [0.2, 0.25) is 0 Å². The molecule has 1 heterocycles. The smallest absolute Gasteiger partial charge is 0.143 e. The molecule has 0 saturated carbocycles. The summed E-state index contributed by atoms with van der Waals surface area (Å²) in [5, 5.41) is -3.92. The molecule has 1 aromatic heterocycles. The highest BCUT2D eigenvalue weighted by atomic mass is 16.3. The van der Waals surface area contributed by atoms with Gasteiger partial charge in [-0.05, 0) is 72.6 Å². The maximum absolute atomic E-state index is 9.53. The van der Waals surface area contributed by atoms with Gasteiger partial charge >= 0.3 is 0 Å². The summed E-state index contributed by atoms with van der Waals surface area (Å²) in [6, 6.07) is -26.2. The third kappa shape index (κ3) is 4.17. The molecule has 8 aromatic carbocycles. The third-order valence-corrected chi connectivity index (χ3v) is 7.06. The second-order valence-corrected chi connectivity index (χ2v) is 9.51. The highest BCUT2D eigenvalue weighted by Gasteiger charge is 2.17. The molecule has 0 N–H and O–H groups in total. The zero-order valence-corrected chi connectivity index (χ0v) is 22.4. The molecule has 0 radical (unpaired) electrons. The number of furan rings is 1. The lowest BCUT2D eigenvalue weighted by atomic mass is 9.86. The lowest BCUT2D eigenvalue weighted by molar-refractivity contribution is 0.670. The largest absolute Gasteiger partial charge is 0.455 e. The molecule has 0 aliphatic heterocycles. The van der Waals surface area contributed by atoms with Crippen molar-refractivity contribution in [3.63, 3.8) is 0 Å². The molecule has 0 aliphatic rings. The predicted octanol–water partition coefficient (Wildman–Crippen LogP) is 12.6. The first-order valence-electron chi connectivity index (χ1n) is 27.2. The molecule has 1 heteroatoms. The lowest BCUT2D eigenvalue weighted by Gasteiger charge is -2.18. The van der Waals surface area contributed by atoms with Gasteiger partial charge in [0.15, 0.2) is 0 Å². The molecule has 0 unspecified atom stereocenters. The maximum atomic E-state index is 9.53. The van der Waals surface area contributed by atoms with Crippen molar-refractivity contribution in [3.8, 4) is 44.5 Å². The Balaban J connectivity index is 1.47. The second kappa shape index (κ2) is 10.4. The monoisotopic (exact) mass is 600 g/mol. The van der Waals surface area contributed by atoms with Crippen LogP contribution >= 0.6 is 0 Å². The van der Waals surface area contributed by atoms with E-state index < -0.39 is 257 Å². The standard InChI is InChI=1S/C44H28O/c1-3-12-30(13-4-1)34-20-11-21-39-40-28-33(26-27-41(40)45-44(34)39)29-22-24-32(25-23-29)43-37-18-9-7-16-35(37)42(31-14-5-2-6-15-31)36-17-8-10-19-38(36)43/h1-28H/i1D,2D,3D,4D,5D,6D,7D,8D,9D,10D,11D,12D,13D,14D,15D,16D,17D,18D,19D,20D,21D,22D,23D,24D,25D,26D,27D,28D. The van der Waals surface area contributed by atoms with E-state index >= 15 is 0 Å². The van der Waals surface area contributed by atoms with E-state index in [-0.39, 0.29) is 0 Å².